The minimum atomic E-state index is -0.312. The van der Waals surface area contributed by atoms with Gasteiger partial charge in [-0.05, 0) is 37.5 Å². The summed E-state index contributed by atoms with van der Waals surface area (Å²) >= 11 is 0. The fourth-order valence-electron chi connectivity index (χ4n) is 2.82. The monoisotopic (exact) mass is 273 g/mol. The molecule has 0 atom stereocenters. The van der Waals surface area contributed by atoms with Gasteiger partial charge in [0, 0.05) is 25.5 Å². The zero-order valence-electron chi connectivity index (χ0n) is 11.9. The van der Waals surface area contributed by atoms with Gasteiger partial charge in [-0.15, -0.1) is 0 Å². The second-order valence-electron chi connectivity index (χ2n) is 5.22. The Bertz CT molecular complexity index is 642. The van der Waals surface area contributed by atoms with E-state index in [1.165, 1.54) is 26.4 Å². The number of aryl methyl sites for hydroxylation is 1. The van der Waals surface area contributed by atoms with Gasteiger partial charge < -0.3 is 9.64 Å². The molecular weight excluding hydrogens is 254 g/mol. The summed E-state index contributed by atoms with van der Waals surface area (Å²) in [5, 5.41) is 5.73. The molecule has 0 amide bonds. The van der Waals surface area contributed by atoms with Gasteiger partial charge in [0.15, 0.2) is 5.82 Å². The van der Waals surface area contributed by atoms with Crippen molar-refractivity contribution in [3.05, 3.63) is 23.8 Å². The van der Waals surface area contributed by atoms with Gasteiger partial charge in [-0.3, -0.25) is 4.68 Å². The first-order valence-corrected chi connectivity index (χ1v) is 7.01. The van der Waals surface area contributed by atoms with Crippen molar-refractivity contribution in [1.82, 2.24) is 9.78 Å². The zero-order valence-corrected chi connectivity index (χ0v) is 11.9. The molecule has 5 nitrogen and oxygen atoms in total. The molecule has 2 aromatic rings. The molecule has 1 aromatic carbocycles. The number of esters is 1. The van der Waals surface area contributed by atoms with Crippen LogP contribution in [0.3, 0.4) is 0 Å². The molecule has 0 aliphatic carbocycles. The molecule has 0 radical (unpaired) electrons. The molecule has 2 heterocycles. The summed E-state index contributed by atoms with van der Waals surface area (Å²) in [5.74, 6) is 0.714. The third kappa shape index (κ3) is 2.13. The van der Waals surface area contributed by atoms with Gasteiger partial charge in [-0.2, -0.15) is 5.10 Å². The van der Waals surface area contributed by atoms with Crippen molar-refractivity contribution >= 4 is 22.7 Å². The quantitative estimate of drug-likeness (QED) is 0.788. The molecule has 0 saturated carbocycles. The number of fused-ring (bicyclic) bond motifs is 1. The predicted molar refractivity (Wildman–Crippen MR) is 78.1 cm³/mol. The minimum Gasteiger partial charge on any atom is -0.465 e. The fraction of sp³-hybridized carbons (Fsp3) is 0.467. The van der Waals surface area contributed by atoms with Gasteiger partial charge in [-0.25, -0.2) is 4.79 Å². The second kappa shape index (κ2) is 5.15. The van der Waals surface area contributed by atoms with E-state index in [0.717, 1.165) is 29.8 Å². The summed E-state index contributed by atoms with van der Waals surface area (Å²) in [6, 6.07) is 5.63. The van der Waals surface area contributed by atoms with E-state index >= 15 is 0 Å². The van der Waals surface area contributed by atoms with E-state index in [1.54, 1.807) is 0 Å². The molecule has 1 aromatic heterocycles. The number of anilines is 1. The zero-order chi connectivity index (χ0) is 14.1. The Morgan fingerprint density at radius 1 is 1.25 bits per heavy atom. The van der Waals surface area contributed by atoms with Crippen LogP contribution in [-0.4, -0.2) is 35.9 Å². The molecular formula is C15H19N3O2. The van der Waals surface area contributed by atoms with Crippen LogP contribution in [0, 0.1) is 0 Å². The molecule has 0 unspecified atom stereocenters. The average Bonchev–Trinajstić information content (AvgIpc) is 2.84. The van der Waals surface area contributed by atoms with E-state index in [2.05, 4.69) is 10.00 Å². The SMILES string of the molecule is COC(=O)c1ccc2c(N3CCCCC3)nn(C)c2c1. The van der Waals surface area contributed by atoms with Gasteiger partial charge >= 0.3 is 5.97 Å². The van der Waals surface area contributed by atoms with Crippen molar-refractivity contribution in [1.29, 1.82) is 0 Å². The lowest BCUT2D eigenvalue weighted by Crippen LogP contribution is -2.29. The number of carbonyl (C=O) groups excluding carboxylic acids is 1. The van der Waals surface area contributed by atoms with Crippen molar-refractivity contribution in [2.45, 2.75) is 19.3 Å². The molecule has 20 heavy (non-hydrogen) atoms. The van der Waals surface area contributed by atoms with Crippen molar-refractivity contribution in [2.75, 3.05) is 25.1 Å². The molecule has 1 fully saturated rings. The molecule has 0 spiro atoms. The first-order valence-electron chi connectivity index (χ1n) is 7.01. The van der Waals surface area contributed by atoms with Crippen LogP contribution in [0.15, 0.2) is 18.2 Å². The molecule has 106 valence electrons. The Balaban J connectivity index is 2.05. The number of hydrogen-bond acceptors (Lipinski definition) is 4. The van der Waals surface area contributed by atoms with Gasteiger partial charge in [0.25, 0.3) is 0 Å². The maximum Gasteiger partial charge on any atom is 0.337 e. The first kappa shape index (κ1) is 13.0. The Morgan fingerprint density at radius 3 is 2.70 bits per heavy atom. The third-order valence-electron chi connectivity index (χ3n) is 3.91. The summed E-state index contributed by atoms with van der Waals surface area (Å²) in [6.45, 7) is 2.12. The fourth-order valence-corrected chi connectivity index (χ4v) is 2.82. The number of methoxy groups -OCH3 is 1. The normalized spacial score (nSPS) is 15.6. The number of rotatable bonds is 2. The Morgan fingerprint density at radius 2 is 2.00 bits per heavy atom. The number of aromatic nitrogens is 2. The second-order valence-corrected chi connectivity index (χ2v) is 5.22. The highest BCUT2D eigenvalue weighted by molar-refractivity contribution is 5.98. The molecule has 1 aliphatic rings. The number of piperidine rings is 1. The van der Waals surface area contributed by atoms with Crippen molar-refractivity contribution in [3.8, 4) is 0 Å². The molecule has 1 aliphatic heterocycles. The molecule has 1 saturated heterocycles. The standard InChI is InChI=1S/C15H19N3O2/c1-17-13-10-11(15(19)20-2)6-7-12(13)14(16-17)18-8-4-3-5-9-18/h6-7,10H,3-5,8-9H2,1-2H3. The van der Waals surface area contributed by atoms with Crippen LogP contribution < -0.4 is 4.90 Å². The van der Waals surface area contributed by atoms with Crippen molar-refractivity contribution in [3.63, 3.8) is 0 Å². The minimum absolute atomic E-state index is 0.312. The molecule has 5 heteroatoms. The summed E-state index contributed by atoms with van der Waals surface area (Å²) < 4.78 is 6.61. The van der Waals surface area contributed by atoms with Crippen LogP contribution >= 0.6 is 0 Å². The lowest BCUT2D eigenvalue weighted by Gasteiger charge is -2.26. The van der Waals surface area contributed by atoms with Gasteiger partial charge in [0.2, 0.25) is 0 Å². The summed E-state index contributed by atoms with van der Waals surface area (Å²) in [4.78, 5) is 14.0. The number of benzene rings is 1. The third-order valence-corrected chi connectivity index (χ3v) is 3.91. The van der Waals surface area contributed by atoms with E-state index in [1.807, 2.05) is 29.9 Å². The Hall–Kier alpha value is -2.04. The largest absolute Gasteiger partial charge is 0.465 e. The van der Waals surface area contributed by atoms with E-state index in [4.69, 9.17) is 4.74 Å². The van der Waals surface area contributed by atoms with Crippen molar-refractivity contribution in [2.24, 2.45) is 7.05 Å². The highest BCUT2D eigenvalue weighted by atomic mass is 16.5. The van der Waals surface area contributed by atoms with Gasteiger partial charge in [0.1, 0.15) is 0 Å². The van der Waals surface area contributed by atoms with E-state index in [9.17, 15) is 4.79 Å². The van der Waals surface area contributed by atoms with Crippen LogP contribution in [0.5, 0.6) is 0 Å². The Labute approximate surface area is 118 Å². The maximum atomic E-state index is 11.6. The van der Waals surface area contributed by atoms with Crippen LogP contribution in [0.2, 0.25) is 0 Å². The lowest BCUT2D eigenvalue weighted by molar-refractivity contribution is 0.0601. The summed E-state index contributed by atoms with van der Waals surface area (Å²) in [5.41, 5.74) is 1.53. The van der Waals surface area contributed by atoms with Crippen molar-refractivity contribution < 1.29 is 9.53 Å². The highest BCUT2D eigenvalue weighted by Gasteiger charge is 2.18. The van der Waals surface area contributed by atoms with Crippen LogP contribution in [0.4, 0.5) is 5.82 Å². The number of hydrogen-bond donors (Lipinski definition) is 0. The molecule has 3 rings (SSSR count). The van der Waals surface area contributed by atoms with Gasteiger partial charge in [0.05, 0.1) is 18.2 Å². The summed E-state index contributed by atoms with van der Waals surface area (Å²) in [7, 11) is 3.31. The maximum absolute atomic E-state index is 11.6. The van der Waals surface area contributed by atoms with E-state index < -0.39 is 0 Å². The lowest BCUT2D eigenvalue weighted by atomic mass is 10.1. The molecule has 0 N–H and O–H groups in total. The van der Waals surface area contributed by atoms with Crippen LogP contribution in [-0.2, 0) is 11.8 Å². The van der Waals surface area contributed by atoms with E-state index in [0.29, 0.717) is 5.56 Å². The number of ether oxygens (including phenoxy) is 1. The topological polar surface area (TPSA) is 47.4 Å². The van der Waals surface area contributed by atoms with E-state index in [-0.39, 0.29) is 5.97 Å². The number of carbonyl (C=O) groups is 1. The molecule has 0 bridgehead atoms. The van der Waals surface area contributed by atoms with Gasteiger partial charge in [-0.1, -0.05) is 0 Å². The predicted octanol–water partition coefficient (Wildman–Crippen LogP) is 2.35. The Kier molecular flexibility index (Phi) is 3.34. The van der Waals surface area contributed by atoms with Crippen LogP contribution in [0.1, 0.15) is 29.6 Å². The average molecular weight is 273 g/mol. The van der Waals surface area contributed by atoms with Crippen LogP contribution in [0.25, 0.3) is 10.9 Å². The first-order chi connectivity index (χ1) is 9.70. The number of nitrogens with zero attached hydrogens (tertiary/aromatic N) is 3. The smallest absolute Gasteiger partial charge is 0.337 e. The summed E-state index contributed by atoms with van der Waals surface area (Å²) in [6.07, 6.45) is 3.74. The highest BCUT2D eigenvalue weighted by Crippen LogP contribution is 2.28.